The Labute approximate surface area is 187 Å². The number of hydrogen-bond acceptors (Lipinski definition) is 6. The summed E-state index contributed by atoms with van der Waals surface area (Å²) in [4.78, 5) is 24.5. The quantitative estimate of drug-likeness (QED) is 0.706. The molecule has 3 heterocycles. The van der Waals surface area contributed by atoms with Crippen LogP contribution in [0.1, 0.15) is 36.8 Å². The Balaban J connectivity index is 1.41. The summed E-state index contributed by atoms with van der Waals surface area (Å²) in [6.07, 6.45) is 0.186. The summed E-state index contributed by atoms with van der Waals surface area (Å²) >= 11 is 0. The molecule has 172 valence electrons. The van der Waals surface area contributed by atoms with Crippen molar-refractivity contribution < 1.29 is 27.2 Å². The molecule has 2 aliphatic heterocycles. The number of furan rings is 1. The average Bonchev–Trinajstić information content (AvgIpc) is 3.18. The number of amides is 2. The topological polar surface area (TPSA) is 118 Å². The van der Waals surface area contributed by atoms with Crippen molar-refractivity contribution in [2.24, 2.45) is 5.92 Å². The third-order valence-electron chi connectivity index (χ3n) is 5.88. The normalized spacial score (nSPS) is 19.7. The zero-order chi connectivity index (χ0) is 23.0. The Morgan fingerprint density at radius 2 is 1.94 bits per heavy atom. The highest BCUT2D eigenvalue weighted by Crippen LogP contribution is 2.36. The molecule has 4 rings (SSSR count). The number of carbonyl (C=O) groups is 2. The van der Waals surface area contributed by atoms with Crippen molar-refractivity contribution in [1.82, 2.24) is 9.62 Å². The molecule has 9 nitrogen and oxygen atoms in total. The van der Waals surface area contributed by atoms with Crippen LogP contribution in [0.25, 0.3) is 0 Å². The number of carbonyl (C=O) groups excluding carboxylic acids is 2. The third kappa shape index (κ3) is 4.37. The molecule has 0 bridgehead atoms. The second-order valence-electron chi connectivity index (χ2n) is 8.27. The minimum atomic E-state index is -3.76. The minimum Gasteiger partial charge on any atom is -0.479 e. The average molecular weight is 462 g/mol. The maximum atomic E-state index is 13.3. The molecule has 2 aliphatic rings. The summed E-state index contributed by atoms with van der Waals surface area (Å²) in [5.74, 6) is 1.19. The molecule has 0 unspecified atom stereocenters. The number of sulfonamides is 1. The molecule has 1 aromatic heterocycles. The van der Waals surface area contributed by atoms with E-state index < -0.39 is 16.1 Å². The lowest BCUT2D eigenvalue weighted by Gasteiger charge is -2.31. The van der Waals surface area contributed by atoms with Crippen molar-refractivity contribution in [3.05, 3.63) is 41.3 Å². The predicted octanol–water partition coefficient (Wildman–Crippen LogP) is 2.33. The third-order valence-corrected chi connectivity index (χ3v) is 7.92. The van der Waals surface area contributed by atoms with Gasteiger partial charge in [0.25, 0.3) is 5.91 Å². The summed E-state index contributed by atoms with van der Waals surface area (Å²) in [7, 11) is -3.76. The number of piperidine rings is 1. The molecule has 0 spiro atoms. The number of nitrogens with one attached hydrogen (secondary N) is 2. The molecule has 1 aromatic carbocycles. The van der Waals surface area contributed by atoms with Crippen molar-refractivity contribution >= 4 is 27.5 Å². The van der Waals surface area contributed by atoms with Crippen LogP contribution in [0.5, 0.6) is 5.75 Å². The van der Waals surface area contributed by atoms with Gasteiger partial charge in [0, 0.05) is 25.1 Å². The van der Waals surface area contributed by atoms with E-state index in [-0.39, 0.29) is 35.7 Å². The van der Waals surface area contributed by atoms with Gasteiger partial charge in [-0.15, -0.1) is 0 Å². The standard InChI is InChI=1S/C22H27N3O6S/c1-13-10-18-19(31-15(3)21(26)24-18)11-20(13)32(28,29)25-8-6-16(7-9-25)22(27)23-12-17-5-4-14(2)30-17/h4-5,10-11,15-16H,6-9,12H2,1-3H3,(H,23,27)(H,24,26)/t15-/m0/s1. The molecule has 1 fully saturated rings. The van der Waals surface area contributed by atoms with E-state index in [1.54, 1.807) is 19.9 Å². The van der Waals surface area contributed by atoms with Crippen molar-refractivity contribution in [3.63, 3.8) is 0 Å². The van der Waals surface area contributed by atoms with E-state index in [2.05, 4.69) is 10.6 Å². The number of anilines is 1. The molecule has 2 aromatic rings. The van der Waals surface area contributed by atoms with Gasteiger partial charge in [-0.2, -0.15) is 4.31 Å². The van der Waals surface area contributed by atoms with Crippen LogP contribution < -0.4 is 15.4 Å². The zero-order valence-corrected chi connectivity index (χ0v) is 19.1. The van der Waals surface area contributed by atoms with Crippen LogP contribution in [0.3, 0.4) is 0 Å². The van der Waals surface area contributed by atoms with E-state index in [1.807, 2.05) is 19.1 Å². The fourth-order valence-corrected chi connectivity index (χ4v) is 5.71. The van der Waals surface area contributed by atoms with Gasteiger partial charge in [0.15, 0.2) is 6.10 Å². The van der Waals surface area contributed by atoms with Crippen molar-refractivity contribution in [2.75, 3.05) is 18.4 Å². The number of fused-ring (bicyclic) bond motifs is 1. The molecule has 1 atom stereocenters. The van der Waals surface area contributed by atoms with E-state index in [4.69, 9.17) is 9.15 Å². The van der Waals surface area contributed by atoms with Crippen LogP contribution >= 0.6 is 0 Å². The van der Waals surface area contributed by atoms with Gasteiger partial charge in [-0.1, -0.05) is 0 Å². The van der Waals surface area contributed by atoms with Gasteiger partial charge in [0.05, 0.1) is 17.1 Å². The fraction of sp³-hybridized carbons (Fsp3) is 0.455. The van der Waals surface area contributed by atoms with Crippen molar-refractivity contribution in [1.29, 1.82) is 0 Å². The summed E-state index contributed by atoms with van der Waals surface area (Å²) in [5, 5.41) is 5.60. The highest BCUT2D eigenvalue weighted by atomic mass is 32.2. The summed E-state index contributed by atoms with van der Waals surface area (Å²) in [5.41, 5.74) is 0.988. The molecular weight excluding hydrogens is 434 g/mol. The highest BCUT2D eigenvalue weighted by molar-refractivity contribution is 7.89. The number of rotatable bonds is 5. The monoisotopic (exact) mass is 461 g/mol. The first-order valence-electron chi connectivity index (χ1n) is 10.6. The van der Waals surface area contributed by atoms with E-state index in [0.29, 0.717) is 42.1 Å². The molecule has 0 aliphatic carbocycles. The van der Waals surface area contributed by atoms with Gasteiger partial charge in [0.1, 0.15) is 17.3 Å². The van der Waals surface area contributed by atoms with Crippen LogP contribution in [0.2, 0.25) is 0 Å². The molecule has 0 saturated carbocycles. The highest BCUT2D eigenvalue weighted by Gasteiger charge is 2.34. The first-order valence-corrected chi connectivity index (χ1v) is 12.0. The first-order chi connectivity index (χ1) is 15.1. The Kier molecular flexibility index (Phi) is 6.00. The van der Waals surface area contributed by atoms with Crippen LogP contribution in [0.15, 0.2) is 33.6 Å². The largest absolute Gasteiger partial charge is 0.479 e. The second kappa shape index (κ2) is 8.59. The van der Waals surface area contributed by atoms with Gasteiger partial charge in [-0.25, -0.2) is 8.42 Å². The minimum absolute atomic E-state index is 0.0980. The lowest BCUT2D eigenvalue weighted by atomic mass is 9.97. The van der Waals surface area contributed by atoms with E-state index in [0.717, 1.165) is 5.76 Å². The molecule has 10 heteroatoms. The SMILES string of the molecule is Cc1ccc(CNC(=O)C2CCN(S(=O)(=O)c3cc4c(cc3C)NC(=O)[C@H](C)O4)CC2)o1. The number of aryl methyl sites for hydroxylation is 2. The fourth-order valence-electron chi connectivity index (χ4n) is 4.02. The Hall–Kier alpha value is -2.85. The predicted molar refractivity (Wildman–Crippen MR) is 117 cm³/mol. The summed E-state index contributed by atoms with van der Waals surface area (Å²) in [6, 6.07) is 6.75. The smallest absolute Gasteiger partial charge is 0.265 e. The van der Waals surface area contributed by atoms with Gasteiger partial charge >= 0.3 is 0 Å². The molecule has 32 heavy (non-hydrogen) atoms. The van der Waals surface area contributed by atoms with Gasteiger partial charge in [-0.05, 0) is 57.4 Å². The van der Waals surface area contributed by atoms with Crippen molar-refractivity contribution in [3.8, 4) is 5.75 Å². The zero-order valence-electron chi connectivity index (χ0n) is 18.3. The number of hydrogen-bond donors (Lipinski definition) is 2. The van der Waals surface area contributed by atoms with Gasteiger partial charge < -0.3 is 19.8 Å². The van der Waals surface area contributed by atoms with Crippen LogP contribution in [0.4, 0.5) is 5.69 Å². The number of nitrogens with zero attached hydrogens (tertiary/aromatic N) is 1. The number of benzene rings is 1. The molecular formula is C22H27N3O6S. The Morgan fingerprint density at radius 1 is 1.22 bits per heavy atom. The Morgan fingerprint density at radius 3 is 2.59 bits per heavy atom. The summed E-state index contributed by atoms with van der Waals surface area (Å²) in [6.45, 7) is 5.96. The van der Waals surface area contributed by atoms with E-state index in [1.165, 1.54) is 10.4 Å². The van der Waals surface area contributed by atoms with Gasteiger partial charge in [-0.3, -0.25) is 9.59 Å². The van der Waals surface area contributed by atoms with Crippen LogP contribution in [-0.2, 0) is 26.2 Å². The Bertz CT molecular complexity index is 1150. The molecule has 1 saturated heterocycles. The first kappa shape index (κ1) is 22.3. The van der Waals surface area contributed by atoms with Crippen LogP contribution in [0, 0.1) is 19.8 Å². The molecule has 2 N–H and O–H groups in total. The van der Waals surface area contributed by atoms with Crippen molar-refractivity contribution in [2.45, 2.75) is 51.2 Å². The van der Waals surface area contributed by atoms with Crippen LogP contribution in [-0.4, -0.2) is 43.7 Å². The maximum Gasteiger partial charge on any atom is 0.265 e. The summed E-state index contributed by atoms with van der Waals surface area (Å²) < 4.78 is 39.0. The molecule has 2 amide bonds. The second-order valence-corrected chi connectivity index (χ2v) is 10.2. The lowest BCUT2D eigenvalue weighted by molar-refractivity contribution is -0.126. The van der Waals surface area contributed by atoms with E-state index in [9.17, 15) is 18.0 Å². The maximum absolute atomic E-state index is 13.3. The van der Waals surface area contributed by atoms with Gasteiger partial charge in [0.2, 0.25) is 15.9 Å². The number of ether oxygens (including phenoxy) is 1. The molecule has 0 radical (unpaired) electrons. The van der Waals surface area contributed by atoms with E-state index >= 15 is 0 Å². The lowest BCUT2D eigenvalue weighted by Crippen LogP contribution is -2.43.